The van der Waals surface area contributed by atoms with Crippen molar-refractivity contribution in [2.45, 2.75) is 71.8 Å². The number of carbonyl (C=O) groups excluding carboxylic acids is 2. The molecule has 0 spiro atoms. The first-order valence-electron chi connectivity index (χ1n) is 12.7. The van der Waals surface area contributed by atoms with Gasteiger partial charge in [0.25, 0.3) is 0 Å². The Morgan fingerprint density at radius 2 is 1.82 bits per heavy atom. The topological polar surface area (TPSA) is 66.8 Å². The first kappa shape index (κ1) is 23.7. The van der Waals surface area contributed by atoms with E-state index in [9.17, 15) is 14.7 Å². The van der Waals surface area contributed by atoms with Crippen LogP contribution in [0.4, 0.5) is 0 Å². The fourth-order valence-electron chi connectivity index (χ4n) is 6.03. The molecule has 5 heteroatoms. The number of phenolic OH excluding ortho intramolecular Hbond substituents is 1. The average Bonchev–Trinajstić information content (AvgIpc) is 3.33. The number of phenols is 1. The van der Waals surface area contributed by atoms with Crippen molar-refractivity contribution in [3.63, 3.8) is 0 Å². The summed E-state index contributed by atoms with van der Waals surface area (Å²) >= 11 is 0. The Morgan fingerprint density at radius 1 is 1.06 bits per heavy atom. The Labute approximate surface area is 197 Å². The highest BCUT2D eigenvalue weighted by atomic mass is 16.5. The van der Waals surface area contributed by atoms with Crippen LogP contribution in [0, 0.1) is 17.8 Å². The minimum absolute atomic E-state index is 0.0210. The molecule has 178 valence electrons. The molecule has 1 N–H and O–H groups in total. The van der Waals surface area contributed by atoms with Gasteiger partial charge in [0.1, 0.15) is 5.75 Å². The van der Waals surface area contributed by atoms with Crippen LogP contribution in [-0.4, -0.2) is 41.1 Å². The highest BCUT2D eigenvalue weighted by molar-refractivity contribution is 6.05. The molecule has 1 aromatic carbocycles. The summed E-state index contributed by atoms with van der Waals surface area (Å²) in [7, 11) is 0. The van der Waals surface area contributed by atoms with Crippen LogP contribution < -0.4 is 0 Å². The lowest BCUT2D eigenvalue weighted by Crippen LogP contribution is -2.34. The number of likely N-dealkylation sites (tertiary alicyclic amines) is 1. The Balaban J connectivity index is 1.52. The van der Waals surface area contributed by atoms with Crippen LogP contribution in [0.2, 0.25) is 0 Å². The number of amides is 2. The fourth-order valence-corrected chi connectivity index (χ4v) is 6.03. The molecule has 2 aliphatic heterocycles. The van der Waals surface area contributed by atoms with Crippen LogP contribution in [0.25, 0.3) is 6.08 Å². The van der Waals surface area contributed by atoms with Crippen LogP contribution in [0.15, 0.2) is 41.0 Å². The third-order valence-corrected chi connectivity index (χ3v) is 7.54. The van der Waals surface area contributed by atoms with E-state index < -0.39 is 0 Å². The zero-order valence-corrected chi connectivity index (χ0v) is 20.2. The molecule has 0 saturated carbocycles. The second kappa shape index (κ2) is 10.3. The van der Waals surface area contributed by atoms with Crippen molar-refractivity contribution in [2.24, 2.45) is 17.8 Å². The van der Waals surface area contributed by atoms with Crippen molar-refractivity contribution >= 4 is 17.9 Å². The summed E-state index contributed by atoms with van der Waals surface area (Å²) < 4.78 is 6.31. The molecule has 2 saturated heterocycles. The molecule has 2 amide bonds. The van der Waals surface area contributed by atoms with Gasteiger partial charge in [0.15, 0.2) is 0 Å². The fraction of sp³-hybridized carbons (Fsp3) is 0.571. The number of hydrogen-bond donors (Lipinski definition) is 1. The van der Waals surface area contributed by atoms with Gasteiger partial charge >= 0.3 is 0 Å². The average molecular weight is 452 g/mol. The minimum Gasteiger partial charge on any atom is -0.508 e. The molecule has 1 aliphatic carbocycles. The molecule has 0 aromatic heterocycles. The highest BCUT2D eigenvalue weighted by Crippen LogP contribution is 2.50. The van der Waals surface area contributed by atoms with Gasteiger partial charge in [-0.1, -0.05) is 56.5 Å². The van der Waals surface area contributed by atoms with E-state index in [2.05, 4.69) is 19.9 Å². The number of ether oxygens (including phenoxy) is 1. The van der Waals surface area contributed by atoms with Gasteiger partial charge in [-0.2, -0.15) is 0 Å². The van der Waals surface area contributed by atoms with Gasteiger partial charge in [-0.25, -0.2) is 0 Å². The standard InChI is InChI=1S/C28H37NO4/c1-4-7-18(15-19-8-11-21(30)12-9-19)10-13-24-25-20(6-3)16-22-26(23(25)17-33-24)28(32)29(14-5-2)27(22)31/h8-9,11-12,15,22-24,26,30H,4-7,10,13-14,16-17H2,1-3H3/b18-15+/t22-,23+,24-,26-/m1/s1. The van der Waals surface area contributed by atoms with E-state index in [1.54, 1.807) is 12.1 Å². The number of benzene rings is 1. The van der Waals surface area contributed by atoms with Crippen LogP contribution in [0.1, 0.15) is 71.3 Å². The van der Waals surface area contributed by atoms with Gasteiger partial charge < -0.3 is 9.84 Å². The molecular weight excluding hydrogens is 414 g/mol. The van der Waals surface area contributed by atoms with Gasteiger partial charge in [-0.15, -0.1) is 0 Å². The Bertz CT molecular complexity index is 945. The maximum absolute atomic E-state index is 13.2. The molecule has 1 aromatic rings. The minimum atomic E-state index is -0.234. The molecule has 4 rings (SSSR count). The Morgan fingerprint density at radius 3 is 2.48 bits per heavy atom. The molecule has 33 heavy (non-hydrogen) atoms. The van der Waals surface area contributed by atoms with Crippen LogP contribution in [0.3, 0.4) is 0 Å². The number of rotatable bonds is 9. The summed E-state index contributed by atoms with van der Waals surface area (Å²) in [6.07, 6.45) is 8.63. The van der Waals surface area contributed by atoms with Crippen molar-refractivity contribution in [2.75, 3.05) is 13.2 Å². The van der Waals surface area contributed by atoms with Crippen molar-refractivity contribution in [3.8, 4) is 5.75 Å². The summed E-state index contributed by atoms with van der Waals surface area (Å²) in [4.78, 5) is 27.6. The monoisotopic (exact) mass is 451 g/mol. The van der Waals surface area contributed by atoms with Crippen molar-refractivity contribution in [1.29, 1.82) is 0 Å². The number of hydrogen-bond acceptors (Lipinski definition) is 4. The van der Waals surface area contributed by atoms with E-state index in [1.165, 1.54) is 21.6 Å². The summed E-state index contributed by atoms with van der Waals surface area (Å²) in [5.74, 6) is -0.0449. The van der Waals surface area contributed by atoms with E-state index in [1.807, 2.05) is 19.1 Å². The third-order valence-electron chi connectivity index (χ3n) is 7.54. The maximum atomic E-state index is 13.2. The first-order chi connectivity index (χ1) is 16.0. The number of imide groups is 1. The van der Waals surface area contributed by atoms with Crippen molar-refractivity contribution in [3.05, 3.63) is 46.5 Å². The molecule has 0 radical (unpaired) electrons. The molecule has 5 nitrogen and oxygen atoms in total. The van der Waals surface area contributed by atoms with Crippen molar-refractivity contribution in [1.82, 2.24) is 4.90 Å². The van der Waals surface area contributed by atoms with Crippen molar-refractivity contribution < 1.29 is 19.4 Å². The molecule has 4 atom stereocenters. The largest absolute Gasteiger partial charge is 0.508 e. The van der Waals surface area contributed by atoms with Crippen LogP contribution in [0.5, 0.6) is 5.75 Å². The van der Waals surface area contributed by atoms with E-state index in [0.29, 0.717) is 19.6 Å². The quantitative estimate of drug-likeness (QED) is 0.398. The summed E-state index contributed by atoms with van der Waals surface area (Å²) in [6, 6.07) is 7.32. The van der Waals surface area contributed by atoms with Crippen LogP contribution >= 0.6 is 0 Å². The second-order valence-electron chi connectivity index (χ2n) is 9.69. The molecule has 2 fully saturated rings. The maximum Gasteiger partial charge on any atom is 0.233 e. The highest BCUT2D eigenvalue weighted by Gasteiger charge is 2.56. The SMILES string of the molecule is CCC/C(=C\c1ccc(O)cc1)CC[C@H]1OC[C@H]2C1=C(CC)C[C@H]1C(=O)N(CCC)C(=O)[C@H]12. The van der Waals surface area contributed by atoms with Crippen LogP contribution in [-0.2, 0) is 14.3 Å². The number of allylic oxidation sites excluding steroid dienone is 2. The zero-order chi connectivity index (χ0) is 23.5. The number of nitrogens with zero attached hydrogens (tertiary/aromatic N) is 1. The number of fused-ring (bicyclic) bond motifs is 3. The third kappa shape index (κ3) is 4.65. The normalized spacial score (nSPS) is 27.4. The lowest BCUT2D eigenvalue weighted by Gasteiger charge is -2.31. The predicted molar refractivity (Wildman–Crippen MR) is 129 cm³/mol. The van der Waals surface area contributed by atoms with Gasteiger partial charge in [0.2, 0.25) is 11.8 Å². The Hall–Kier alpha value is -2.40. The van der Waals surface area contributed by atoms with Gasteiger partial charge in [-0.05, 0) is 61.8 Å². The zero-order valence-electron chi connectivity index (χ0n) is 20.2. The Kier molecular flexibility index (Phi) is 7.38. The molecular formula is C28H37NO4. The lowest BCUT2D eigenvalue weighted by atomic mass is 9.69. The number of aromatic hydroxyl groups is 1. The van der Waals surface area contributed by atoms with Gasteiger partial charge in [-0.3, -0.25) is 14.5 Å². The molecule has 3 aliphatic rings. The lowest BCUT2D eigenvalue weighted by molar-refractivity contribution is -0.140. The summed E-state index contributed by atoms with van der Waals surface area (Å²) in [5.41, 5.74) is 5.13. The molecule has 2 heterocycles. The summed E-state index contributed by atoms with van der Waals surface area (Å²) in [5, 5.41) is 9.56. The van der Waals surface area contributed by atoms with E-state index in [0.717, 1.165) is 44.1 Å². The second-order valence-corrected chi connectivity index (χ2v) is 9.69. The van der Waals surface area contributed by atoms with Gasteiger partial charge in [0.05, 0.1) is 24.5 Å². The smallest absolute Gasteiger partial charge is 0.233 e. The van der Waals surface area contributed by atoms with E-state index in [4.69, 9.17) is 4.74 Å². The molecule has 0 bridgehead atoms. The van der Waals surface area contributed by atoms with Gasteiger partial charge in [0, 0.05) is 12.5 Å². The predicted octanol–water partition coefficient (Wildman–Crippen LogP) is 5.49. The van der Waals surface area contributed by atoms with E-state index >= 15 is 0 Å². The molecule has 0 unspecified atom stereocenters. The summed E-state index contributed by atoms with van der Waals surface area (Å²) in [6.45, 7) is 7.44. The first-order valence-corrected chi connectivity index (χ1v) is 12.7. The number of carbonyl (C=O) groups is 2. The van der Waals surface area contributed by atoms with E-state index in [-0.39, 0.29) is 41.4 Å².